The fraction of sp³-hybridized carbons (Fsp3) is 0.185. The Bertz CT molecular complexity index is 1760. The highest BCUT2D eigenvalue weighted by Gasteiger charge is 2.23. The van der Waals surface area contributed by atoms with Gasteiger partial charge in [-0.3, -0.25) is 25.2 Å². The Labute approximate surface area is 243 Å². The van der Waals surface area contributed by atoms with Crippen molar-refractivity contribution in [1.29, 1.82) is 10.8 Å². The normalized spacial score (nSPS) is 11.5. The summed E-state index contributed by atoms with van der Waals surface area (Å²) in [6.45, 7) is 0.639. The number of hydrogen-bond donors (Lipinski definition) is 12. The van der Waals surface area contributed by atoms with E-state index in [1.54, 1.807) is 36.4 Å². The molecule has 0 aliphatic rings. The van der Waals surface area contributed by atoms with Gasteiger partial charge in [-0.1, -0.05) is 12.1 Å². The summed E-state index contributed by atoms with van der Waals surface area (Å²) in [5, 5.41) is 35.7. The average Bonchev–Trinajstić information content (AvgIpc) is 3.56. The molecule has 224 valence electrons. The van der Waals surface area contributed by atoms with Gasteiger partial charge in [0.25, 0.3) is 17.7 Å². The maximum atomic E-state index is 13.0. The first-order chi connectivity index (χ1) is 20.4. The molecule has 0 fully saturated rings. The molecule has 16 nitrogen and oxygen atoms in total. The number of rotatable bonds is 12. The van der Waals surface area contributed by atoms with Crippen molar-refractivity contribution in [2.45, 2.75) is 5.92 Å². The molecule has 2 aromatic carbocycles. The second-order valence-corrected chi connectivity index (χ2v) is 9.63. The van der Waals surface area contributed by atoms with Crippen LogP contribution in [0.1, 0.15) is 53.2 Å². The van der Waals surface area contributed by atoms with Crippen molar-refractivity contribution in [1.82, 2.24) is 31.2 Å². The van der Waals surface area contributed by atoms with Crippen LogP contribution in [0.15, 0.2) is 42.5 Å². The van der Waals surface area contributed by atoms with E-state index in [4.69, 9.17) is 28.0 Å². The summed E-state index contributed by atoms with van der Waals surface area (Å²) >= 11 is 0. The zero-order valence-electron chi connectivity index (χ0n) is 22.8. The fourth-order valence-electron chi connectivity index (χ4n) is 4.60. The molecule has 4 rings (SSSR count). The molecule has 0 radical (unpaired) electrons. The van der Waals surface area contributed by atoms with Crippen molar-refractivity contribution < 1.29 is 24.3 Å². The van der Waals surface area contributed by atoms with E-state index in [0.29, 0.717) is 32.9 Å². The Kier molecular flexibility index (Phi) is 8.79. The first kappa shape index (κ1) is 29.9. The molecule has 1 atom stereocenters. The maximum absolute atomic E-state index is 13.0. The van der Waals surface area contributed by atoms with Crippen LogP contribution in [-0.4, -0.2) is 76.9 Å². The summed E-state index contributed by atoms with van der Waals surface area (Å²) in [6.07, 6.45) is 0. The number of nitrogens with two attached hydrogens (primary N) is 3. The van der Waals surface area contributed by atoms with Crippen LogP contribution in [0, 0.1) is 10.8 Å². The standard InChI is InChI=1S/C27H31N11O5/c28-22(39)20-16-3-1-12(8-18(16)38-21(20)24(41)33-5-6-34-26(29)30)15(11-36-27(31)32)10-35-23(40)13-2-4-17-14(7-13)9-19(37-17)25(42)43/h1-4,7-9,15,37-38H,5-6,10-11H2,(H2,28,39)(H,33,41)(H,35,40)(H,42,43)(H4,29,30,34)(H4,31,32,36). The summed E-state index contributed by atoms with van der Waals surface area (Å²) in [6, 6.07) is 11.3. The predicted molar refractivity (Wildman–Crippen MR) is 159 cm³/mol. The number of primary amides is 1. The topological polar surface area (TPSA) is 294 Å². The molecular weight excluding hydrogens is 558 g/mol. The van der Waals surface area contributed by atoms with E-state index in [9.17, 15) is 24.3 Å². The Hall–Kier alpha value is -6.06. The molecule has 0 bridgehead atoms. The first-order valence-electron chi connectivity index (χ1n) is 13.0. The summed E-state index contributed by atoms with van der Waals surface area (Å²) in [5.74, 6) is -3.80. The zero-order valence-corrected chi connectivity index (χ0v) is 22.8. The minimum absolute atomic E-state index is 0.00719. The number of carbonyl (C=O) groups excluding carboxylic acids is 3. The predicted octanol–water partition coefficient (Wildman–Crippen LogP) is -0.344. The lowest BCUT2D eigenvalue weighted by atomic mass is 9.96. The molecular formula is C27H31N11O5. The molecule has 43 heavy (non-hydrogen) atoms. The smallest absolute Gasteiger partial charge is 0.352 e. The van der Waals surface area contributed by atoms with Gasteiger partial charge in [0.1, 0.15) is 11.4 Å². The van der Waals surface area contributed by atoms with Crippen LogP contribution >= 0.6 is 0 Å². The quantitative estimate of drug-likeness (QED) is 0.0583. The SMILES string of the molecule is N=C(N)NCCNC(=O)c1[nH]c2cc(C(CNC(=N)N)CNC(=O)c3ccc4[nH]c(C(=O)O)cc4c3)ccc2c1C(N)=O. The lowest BCUT2D eigenvalue weighted by Gasteiger charge is -2.19. The van der Waals surface area contributed by atoms with Gasteiger partial charge >= 0.3 is 5.97 Å². The minimum Gasteiger partial charge on any atom is -0.477 e. The molecule has 15 N–H and O–H groups in total. The summed E-state index contributed by atoms with van der Waals surface area (Å²) < 4.78 is 0. The summed E-state index contributed by atoms with van der Waals surface area (Å²) in [7, 11) is 0. The number of benzene rings is 2. The highest BCUT2D eigenvalue weighted by atomic mass is 16.4. The van der Waals surface area contributed by atoms with Crippen LogP contribution in [0.2, 0.25) is 0 Å². The molecule has 0 saturated carbocycles. The molecule has 3 amide bonds. The van der Waals surface area contributed by atoms with E-state index in [2.05, 4.69) is 31.2 Å². The van der Waals surface area contributed by atoms with E-state index >= 15 is 0 Å². The lowest BCUT2D eigenvalue weighted by Crippen LogP contribution is -2.38. The van der Waals surface area contributed by atoms with Gasteiger partial charge in [0.05, 0.1) is 5.56 Å². The van der Waals surface area contributed by atoms with Gasteiger partial charge in [-0.25, -0.2) is 4.79 Å². The first-order valence-corrected chi connectivity index (χ1v) is 13.0. The van der Waals surface area contributed by atoms with Crippen LogP contribution < -0.4 is 38.5 Å². The number of hydrogen-bond acceptors (Lipinski definition) is 6. The number of aromatic amines is 2. The molecule has 0 saturated heterocycles. The minimum atomic E-state index is -1.11. The van der Waals surface area contributed by atoms with Crippen LogP contribution in [-0.2, 0) is 0 Å². The van der Waals surface area contributed by atoms with E-state index in [1.165, 1.54) is 6.07 Å². The van der Waals surface area contributed by atoms with Gasteiger partial charge in [0.15, 0.2) is 11.9 Å². The third kappa shape index (κ3) is 6.99. The number of guanidine groups is 2. The average molecular weight is 590 g/mol. The number of carboxylic acid groups (broad SMARTS) is 1. The number of aromatic carboxylic acids is 1. The van der Waals surface area contributed by atoms with Crippen LogP contribution in [0.4, 0.5) is 0 Å². The van der Waals surface area contributed by atoms with Crippen molar-refractivity contribution in [2.24, 2.45) is 17.2 Å². The maximum Gasteiger partial charge on any atom is 0.352 e. The van der Waals surface area contributed by atoms with E-state index in [-0.39, 0.29) is 55.0 Å². The monoisotopic (exact) mass is 589 g/mol. The van der Waals surface area contributed by atoms with E-state index < -0.39 is 29.6 Å². The van der Waals surface area contributed by atoms with Gasteiger partial charge in [-0.15, -0.1) is 0 Å². The van der Waals surface area contributed by atoms with Gasteiger partial charge < -0.3 is 53.5 Å². The molecule has 1 unspecified atom stereocenters. The van der Waals surface area contributed by atoms with Gasteiger partial charge in [-0.05, 0) is 35.9 Å². The van der Waals surface area contributed by atoms with Crippen molar-refractivity contribution in [3.63, 3.8) is 0 Å². The molecule has 16 heteroatoms. The van der Waals surface area contributed by atoms with Gasteiger partial charge in [0, 0.05) is 59.5 Å². The van der Waals surface area contributed by atoms with Crippen LogP contribution in [0.25, 0.3) is 21.8 Å². The number of nitrogens with one attached hydrogen (secondary N) is 8. The molecule has 2 aromatic heterocycles. The van der Waals surface area contributed by atoms with Crippen molar-refractivity contribution >= 4 is 57.4 Å². The molecule has 0 spiro atoms. The number of carbonyl (C=O) groups is 4. The number of amides is 3. The second-order valence-electron chi connectivity index (χ2n) is 9.63. The Balaban J connectivity index is 1.56. The molecule has 0 aliphatic carbocycles. The van der Waals surface area contributed by atoms with Crippen molar-refractivity contribution in [3.05, 3.63) is 70.5 Å². The summed E-state index contributed by atoms with van der Waals surface area (Å²) in [5.41, 5.74) is 18.4. The highest BCUT2D eigenvalue weighted by molar-refractivity contribution is 6.15. The lowest BCUT2D eigenvalue weighted by molar-refractivity contribution is 0.0690. The second kappa shape index (κ2) is 12.6. The van der Waals surface area contributed by atoms with Crippen molar-refractivity contribution in [2.75, 3.05) is 26.2 Å². The van der Waals surface area contributed by atoms with Gasteiger partial charge in [-0.2, -0.15) is 0 Å². The molecule has 4 aromatic rings. The van der Waals surface area contributed by atoms with E-state index in [1.807, 2.05) is 0 Å². The number of carboxylic acids is 1. The third-order valence-corrected chi connectivity index (χ3v) is 6.65. The zero-order chi connectivity index (χ0) is 31.3. The number of fused-ring (bicyclic) bond motifs is 2. The van der Waals surface area contributed by atoms with Gasteiger partial charge in [0.2, 0.25) is 0 Å². The Morgan fingerprint density at radius 3 is 2.16 bits per heavy atom. The van der Waals surface area contributed by atoms with Crippen molar-refractivity contribution in [3.8, 4) is 0 Å². The number of aromatic nitrogens is 2. The van der Waals surface area contributed by atoms with Crippen LogP contribution in [0.5, 0.6) is 0 Å². The van der Waals surface area contributed by atoms with Crippen LogP contribution in [0.3, 0.4) is 0 Å². The third-order valence-electron chi connectivity index (χ3n) is 6.65. The Morgan fingerprint density at radius 1 is 0.791 bits per heavy atom. The highest BCUT2D eigenvalue weighted by Crippen LogP contribution is 2.27. The summed E-state index contributed by atoms with van der Waals surface area (Å²) in [4.78, 5) is 55.1. The van der Waals surface area contributed by atoms with E-state index in [0.717, 1.165) is 0 Å². The fourth-order valence-corrected chi connectivity index (χ4v) is 4.60. The largest absolute Gasteiger partial charge is 0.477 e. The number of H-pyrrole nitrogens is 2. The Morgan fingerprint density at radius 2 is 1.49 bits per heavy atom. The molecule has 0 aliphatic heterocycles. The molecule has 2 heterocycles.